The Morgan fingerprint density at radius 2 is 1.86 bits per heavy atom. The molecule has 0 fully saturated rings. The lowest BCUT2D eigenvalue weighted by atomic mass is 10.1. The molecule has 0 unspecified atom stereocenters. The molecule has 0 aliphatic carbocycles. The number of benzene rings is 2. The topological polar surface area (TPSA) is 50.4 Å². The molecule has 5 heteroatoms. The van der Waals surface area contributed by atoms with Gasteiger partial charge >= 0.3 is 6.03 Å². The van der Waals surface area contributed by atoms with Crippen LogP contribution in [0, 0.1) is 0 Å². The third-order valence-corrected chi connectivity index (χ3v) is 3.59. The smallest absolute Gasteiger partial charge is 0.319 e. The summed E-state index contributed by atoms with van der Waals surface area (Å²) in [6.45, 7) is 2.02. The zero-order chi connectivity index (χ0) is 15.9. The van der Waals surface area contributed by atoms with Gasteiger partial charge in [-0.2, -0.15) is 0 Å². The highest BCUT2D eigenvalue weighted by Gasteiger charge is 2.13. The Morgan fingerprint density at radius 1 is 1.18 bits per heavy atom. The van der Waals surface area contributed by atoms with Crippen LogP contribution in [0.3, 0.4) is 0 Å². The van der Waals surface area contributed by atoms with Gasteiger partial charge < -0.3 is 15.4 Å². The van der Waals surface area contributed by atoms with Crippen molar-refractivity contribution < 1.29 is 9.53 Å². The van der Waals surface area contributed by atoms with Crippen LogP contribution in [-0.2, 0) is 0 Å². The zero-order valence-corrected chi connectivity index (χ0v) is 13.4. The highest BCUT2D eigenvalue weighted by Crippen LogP contribution is 2.24. The van der Waals surface area contributed by atoms with E-state index in [-0.39, 0.29) is 12.1 Å². The van der Waals surface area contributed by atoms with Crippen molar-refractivity contribution in [2.24, 2.45) is 0 Å². The molecule has 2 rings (SSSR count). The van der Waals surface area contributed by atoms with Crippen molar-refractivity contribution in [1.29, 1.82) is 0 Å². The summed E-state index contributed by atoms with van der Waals surface area (Å²) in [7, 11) is 1.57. The number of carbonyl (C=O) groups excluding carboxylic acids is 1. The van der Waals surface area contributed by atoms with E-state index < -0.39 is 0 Å². The fourth-order valence-electron chi connectivity index (χ4n) is 2.18. The van der Waals surface area contributed by atoms with E-state index in [0.717, 1.165) is 12.0 Å². The minimum Gasteiger partial charge on any atom is -0.495 e. The van der Waals surface area contributed by atoms with Crippen molar-refractivity contribution in [2.75, 3.05) is 12.4 Å². The van der Waals surface area contributed by atoms with Crippen LogP contribution in [0.5, 0.6) is 5.75 Å². The van der Waals surface area contributed by atoms with Gasteiger partial charge in [-0.3, -0.25) is 0 Å². The van der Waals surface area contributed by atoms with Gasteiger partial charge in [0.15, 0.2) is 0 Å². The Balaban J connectivity index is 2.05. The second kappa shape index (κ2) is 7.71. The van der Waals surface area contributed by atoms with Crippen LogP contribution in [0.15, 0.2) is 48.5 Å². The summed E-state index contributed by atoms with van der Waals surface area (Å²) >= 11 is 5.89. The molecule has 0 saturated carbocycles. The van der Waals surface area contributed by atoms with E-state index in [2.05, 4.69) is 10.6 Å². The molecule has 0 heterocycles. The number of hydrogen-bond acceptors (Lipinski definition) is 2. The van der Waals surface area contributed by atoms with Crippen LogP contribution in [-0.4, -0.2) is 13.1 Å². The molecule has 0 radical (unpaired) electrons. The molecule has 0 aromatic heterocycles. The maximum absolute atomic E-state index is 12.2. The lowest BCUT2D eigenvalue weighted by Crippen LogP contribution is -2.32. The molecule has 2 aromatic rings. The summed E-state index contributed by atoms with van der Waals surface area (Å²) in [6, 6.07) is 14.4. The highest BCUT2D eigenvalue weighted by molar-refractivity contribution is 6.30. The number of urea groups is 1. The van der Waals surface area contributed by atoms with E-state index in [4.69, 9.17) is 16.3 Å². The Bertz CT molecular complexity index is 629. The first-order valence-electron chi connectivity index (χ1n) is 7.10. The number of para-hydroxylation sites is 2. The lowest BCUT2D eigenvalue weighted by Gasteiger charge is -2.18. The van der Waals surface area contributed by atoms with E-state index in [0.29, 0.717) is 16.5 Å². The highest BCUT2D eigenvalue weighted by atomic mass is 35.5. The molecular weight excluding hydrogens is 300 g/mol. The number of methoxy groups -OCH3 is 1. The minimum atomic E-state index is -0.272. The van der Waals surface area contributed by atoms with Crippen molar-refractivity contribution in [3.63, 3.8) is 0 Å². The second-order valence-corrected chi connectivity index (χ2v) is 5.25. The first-order valence-corrected chi connectivity index (χ1v) is 7.47. The van der Waals surface area contributed by atoms with E-state index in [1.165, 1.54) is 0 Å². The Kier molecular flexibility index (Phi) is 5.67. The molecular formula is C17H19ClN2O2. The molecule has 0 bridgehead atoms. The predicted molar refractivity (Wildman–Crippen MR) is 89.6 cm³/mol. The number of rotatable bonds is 5. The maximum Gasteiger partial charge on any atom is 0.319 e. The zero-order valence-electron chi connectivity index (χ0n) is 12.6. The third kappa shape index (κ3) is 4.15. The quantitative estimate of drug-likeness (QED) is 0.845. The van der Waals surface area contributed by atoms with E-state index in [1.54, 1.807) is 19.2 Å². The number of ether oxygens (including phenoxy) is 1. The van der Waals surface area contributed by atoms with Crippen LogP contribution in [0.2, 0.25) is 5.02 Å². The van der Waals surface area contributed by atoms with Gasteiger partial charge in [0.25, 0.3) is 0 Å². The van der Waals surface area contributed by atoms with Crippen LogP contribution in [0.25, 0.3) is 0 Å². The van der Waals surface area contributed by atoms with Crippen molar-refractivity contribution >= 4 is 23.3 Å². The average molecular weight is 319 g/mol. The largest absolute Gasteiger partial charge is 0.495 e. The molecule has 2 amide bonds. The Labute approximate surface area is 135 Å². The second-order valence-electron chi connectivity index (χ2n) is 4.81. The first-order chi connectivity index (χ1) is 10.6. The number of halogens is 1. The number of anilines is 1. The van der Waals surface area contributed by atoms with Gasteiger partial charge in [0.2, 0.25) is 0 Å². The van der Waals surface area contributed by atoms with Gasteiger partial charge in [0.1, 0.15) is 5.75 Å². The fraction of sp³-hybridized carbons (Fsp3) is 0.235. The summed E-state index contributed by atoms with van der Waals surface area (Å²) in [5.41, 5.74) is 1.65. The third-order valence-electron chi connectivity index (χ3n) is 3.34. The number of hydrogen-bond donors (Lipinski definition) is 2. The molecule has 2 N–H and O–H groups in total. The predicted octanol–water partition coefficient (Wildman–Crippen LogP) is 4.62. The maximum atomic E-state index is 12.2. The summed E-state index contributed by atoms with van der Waals surface area (Å²) in [5.74, 6) is 0.622. The normalized spacial score (nSPS) is 11.6. The molecule has 1 atom stereocenters. The van der Waals surface area contributed by atoms with Gasteiger partial charge in [-0.25, -0.2) is 4.79 Å². The van der Waals surface area contributed by atoms with Crippen LogP contribution in [0.1, 0.15) is 24.9 Å². The molecule has 0 aliphatic rings. The van der Waals surface area contributed by atoms with Gasteiger partial charge in [-0.15, -0.1) is 0 Å². The van der Waals surface area contributed by atoms with Crippen molar-refractivity contribution in [3.05, 3.63) is 59.1 Å². The van der Waals surface area contributed by atoms with Gasteiger partial charge in [-0.1, -0.05) is 42.8 Å². The van der Waals surface area contributed by atoms with Crippen LogP contribution < -0.4 is 15.4 Å². The summed E-state index contributed by atoms with van der Waals surface area (Å²) in [6.07, 6.45) is 0.779. The van der Waals surface area contributed by atoms with Crippen molar-refractivity contribution in [3.8, 4) is 5.75 Å². The van der Waals surface area contributed by atoms with Crippen molar-refractivity contribution in [1.82, 2.24) is 5.32 Å². The van der Waals surface area contributed by atoms with Gasteiger partial charge in [0.05, 0.1) is 18.8 Å². The molecule has 0 saturated heterocycles. The molecule has 4 nitrogen and oxygen atoms in total. The lowest BCUT2D eigenvalue weighted by molar-refractivity contribution is 0.248. The van der Waals surface area contributed by atoms with Crippen LogP contribution >= 0.6 is 11.6 Å². The molecule has 0 spiro atoms. The number of carbonyl (C=O) groups is 1. The minimum absolute atomic E-state index is 0.0769. The summed E-state index contributed by atoms with van der Waals surface area (Å²) in [5, 5.41) is 6.44. The molecule has 116 valence electrons. The first kappa shape index (κ1) is 16.2. The standard InChI is InChI=1S/C17H19ClN2O2/c1-3-14(12-8-10-13(18)11-9-12)19-17(21)20-15-6-4-5-7-16(15)22-2/h4-11,14H,3H2,1-2H3,(H2,19,20,21)/t14-/m1/s1. The SMILES string of the molecule is CC[C@@H](NC(=O)Nc1ccccc1OC)c1ccc(Cl)cc1. The summed E-state index contributed by atoms with van der Waals surface area (Å²) in [4.78, 5) is 12.2. The molecule has 22 heavy (non-hydrogen) atoms. The van der Waals surface area contributed by atoms with Gasteiger partial charge in [0, 0.05) is 5.02 Å². The number of nitrogens with one attached hydrogen (secondary N) is 2. The summed E-state index contributed by atoms with van der Waals surface area (Å²) < 4.78 is 5.22. The van der Waals surface area contributed by atoms with E-state index >= 15 is 0 Å². The van der Waals surface area contributed by atoms with Crippen molar-refractivity contribution in [2.45, 2.75) is 19.4 Å². The Morgan fingerprint density at radius 3 is 2.50 bits per heavy atom. The van der Waals surface area contributed by atoms with E-state index in [1.807, 2.05) is 43.3 Å². The monoisotopic (exact) mass is 318 g/mol. The fourth-order valence-corrected chi connectivity index (χ4v) is 2.31. The number of amides is 2. The Hall–Kier alpha value is -2.20. The average Bonchev–Trinajstić information content (AvgIpc) is 2.54. The van der Waals surface area contributed by atoms with E-state index in [9.17, 15) is 4.79 Å². The van der Waals surface area contributed by atoms with Gasteiger partial charge in [-0.05, 0) is 36.2 Å². The molecule has 2 aromatic carbocycles. The molecule has 0 aliphatic heterocycles. The van der Waals surface area contributed by atoms with Crippen LogP contribution in [0.4, 0.5) is 10.5 Å².